The molecule has 1 atom stereocenters. The first-order valence-electron chi connectivity index (χ1n) is 8.77. The molecule has 7 heteroatoms. The molecule has 4 rings (SSSR count). The second-order valence-corrected chi connectivity index (χ2v) is 6.89. The zero-order valence-electron chi connectivity index (χ0n) is 14.4. The first kappa shape index (κ1) is 17.1. The van der Waals surface area contributed by atoms with Gasteiger partial charge in [-0.1, -0.05) is 41.1 Å². The number of hydrogen-bond donors (Lipinski definition) is 1. The van der Waals surface area contributed by atoms with Crippen LogP contribution < -0.4 is 5.32 Å². The van der Waals surface area contributed by atoms with Crippen LogP contribution in [0.15, 0.2) is 55.0 Å². The van der Waals surface area contributed by atoms with Crippen LogP contribution in [0, 0.1) is 0 Å². The first-order valence-corrected chi connectivity index (χ1v) is 9.14. The summed E-state index contributed by atoms with van der Waals surface area (Å²) in [5, 5.41) is 12.9. The Balaban J connectivity index is 1.48. The van der Waals surface area contributed by atoms with Gasteiger partial charge in [0.05, 0.1) is 18.4 Å². The zero-order chi connectivity index (χ0) is 17.8. The molecule has 0 aliphatic carbocycles. The maximum absolute atomic E-state index is 6.43. The van der Waals surface area contributed by atoms with E-state index in [0.717, 1.165) is 48.0 Å². The van der Waals surface area contributed by atoms with Crippen molar-refractivity contribution < 1.29 is 0 Å². The Hall–Kier alpha value is -2.28. The quantitative estimate of drug-likeness (QED) is 0.750. The van der Waals surface area contributed by atoms with Gasteiger partial charge in [-0.3, -0.25) is 9.88 Å². The summed E-state index contributed by atoms with van der Waals surface area (Å²) in [5.41, 5.74) is 3.23. The van der Waals surface area contributed by atoms with Gasteiger partial charge in [0.25, 0.3) is 0 Å². The van der Waals surface area contributed by atoms with Gasteiger partial charge in [0, 0.05) is 49.6 Å². The summed E-state index contributed by atoms with van der Waals surface area (Å²) in [6.07, 6.45) is 5.64. The van der Waals surface area contributed by atoms with Gasteiger partial charge in [-0.25, -0.2) is 4.68 Å². The Morgan fingerprint density at radius 3 is 2.92 bits per heavy atom. The van der Waals surface area contributed by atoms with E-state index >= 15 is 0 Å². The zero-order valence-corrected chi connectivity index (χ0v) is 15.2. The minimum absolute atomic E-state index is 0.237. The number of rotatable bonds is 5. The second kappa shape index (κ2) is 7.95. The molecule has 2 aromatic heterocycles. The van der Waals surface area contributed by atoms with Crippen LogP contribution in [-0.2, 0) is 13.1 Å². The summed E-state index contributed by atoms with van der Waals surface area (Å²) in [7, 11) is 0. The molecule has 0 bridgehead atoms. The van der Waals surface area contributed by atoms with Gasteiger partial charge in [0.2, 0.25) is 0 Å². The van der Waals surface area contributed by atoms with E-state index in [-0.39, 0.29) is 6.04 Å². The molecule has 3 aromatic rings. The van der Waals surface area contributed by atoms with Crippen LogP contribution in [0.5, 0.6) is 0 Å². The highest BCUT2D eigenvalue weighted by Crippen LogP contribution is 2.29. The van der Waals surface area contributed by atoms with Crippen LogP contribution in [0.2, 0.25) is 5.02 Å². The fourth-order valence-corrected chi connectivity index (χ4v) is 3.62. The fraction of sp³-hybridized carbons (Fsp3) is 0.316. The van der Waals surface area contributed by atoms with E-state index in [9.17, 15) is 0 Å². The van der Waals surface area contributed by atoms with Crippen molar-refractivity contribution in [3.8, 4) is 0 Å². The Morgan fingerprint density at radius 1 is 1.15 bits per heavy atom. The Kier molecular flexibility index (Phi) is 5.24. The number of hydrogen-bond acceptors (Lipinski definition) is 5. The van der Waals surface area contributed by atoms with Gasteiger partial charge >= 0.3 is 0 Å². The molecule has 0 radical (unpaired) electrons. The van der Waals surface area contributed by atoms with Crippen molar-refractivity contribution in [2.45, 2.75) is 19.1 Å². The maximum atomic E-state index is 6.43. The average Bonchev–Trinajstić information content (AvgIpc) is 3.10. The Bertz CT molecular complexity index is 850. The number of piperazine rings is 1. The summed E-state index contributed by atoms with van der Waals surface area (Å²) in [6.45, 7) is 4.23. The van der Waals surface area contributed by atoms with E-state index < -0.39 is 0 Å². The summed E-state index contributed by atoms with van der Waals surface area (Å²) in [6, 6.07) is 12.3. The van der Waals surface area contributed by atoms with E-state index in [1.54, 1.807) is 6.20 Å². The number of benzene rings is 1. The topological polar surface area (TPSA) is 58.9 Å². The molecule has 6 nitrogen and oxygen atoms in total. The van der Waals surface area contributed by atoms with Crippen LogP contribution in [-0.4, -0.2) is 44.5 Å². The molecule has 1 aliphatic heterocycles. The molecular weight excluding hydrogens is 348 g/mol. The van der Waals surface area contributed by atoms with Gasteiger partial charge in [-0.05, 0) is 23.3 Å². The van der Waals surface area contributed by atoms with Gasteiger partial charge in [0.15, 0.2) is 0 Å². The van der Waals surface area contributed by atoms with Crippen LogP contribution in [0.3, 0.4) is 0 Å². The second-order valence-electron chi connectivity index (χ2n) is 6.48. The molecule has 1 aliphatic rings. The lowest BCUT2D eigenvalue weighted by Crippen LogP contribution is -2.45. The monoisotopic (exact) mass is 368 g/mol. The Labute approximate surface area is 157 Å². The molecule has 26 heavy (non-hydrogen) atoms. The van der Waals surface area contributed by atoms with E-state index in [4.69, 9.17) is 11.6 Å². The van der Waals surface area contributed by atoms with Crippen LogP contribution in [0.4, 0.5) is 0 Å². The summed E-state index contributed by atoms with van der Waals surface area (Å²) in [5.74, 6) is 0. The first-order chi connectivity index (χ1) is 12.8. The van der Waals surface area contributed by atoms with Gasteiger partial charge in [-0.15, -0.1) is 5.10 Å². The fourth-order valence-electron chi connectivity index (χ4n) is 3.36. The van der Waals surface area contributed by atoms with Crippen molar-refractivity contribution in [2.75, 3.05) is 19.6 Å². The number of aromatic nitrogens is 4. The number of nitrogens with zero attached hydrogens (tertiary/aromatic N) is 5. The highest BCUT2D eigenvalue weighted by atomic mass is 35.5. The highest BCUT2D eigenvalue weighted by molar-refractivity contribution is 6.31. The summed E-state index contributed by atoms with van der Waals surface area (Å²) < 4.78 is 1.86. The van der Waals surface area contributed by atoms with Gasteiger partial charge in [0.1, 0.15) is 0 Å². The standard InChI is InChI=1S/C19H21ClN6/c20-18-6-2-1-5-17(18)19-11-22-8-9-25(19)13-16-14-26(24-23-16)12-15-4-3-7-21-10-15/h1-7,10,14,19,22H,8-9,11-13H2. The third-order valence-corrected chi connectivity index (χ3v) is 4.98. The molecule has 1 saturated heterocycles. The summed E-state index contributed by atoms with van der Waals surface area (Å²) >= 11 is 6.43. The minimum atomic E-state index is 0.237. The predicted molar refractivity (Wildman–Crippen MR) is 101 cm³/mol. The molecule has 1 unspecified atom stereocenters. The van der Waals surface area contributed by atoms with Crippen molar-refractivity contribution in [1.82, 2.24) is 30.2 Å². The summed E-state index contributed by atoms with van der Waals surface area (Å²) in [4.78, 5) is 6.56. The van der Waals surface area contributed by atoms with Crippen molar-refractivity contribution in [1.29, 1.82) is 0 Å². The molecule has 134 valence electrons. The van der Waals surface area contributed by atoms with E-state index in [1.807, 2.05) is 47.4 Å². The van der Waals surface area contributed by atoms with E-state index in [1.165, 1.54) is 0 Å². The Morgan fingerprint density at radius 2 is 2.08 bits per heavy atom. The predicted octanol–water partition coefficient (Wildman–Crippen LogP) is 2.52. The molecule has 0 saturated carbocycles. The van der Waals surface area contributed by atoms with Crippen molar-refractivity contribution in [3.63, 3.8) is 0 Å². The molecule has 0 amide bonds. The van der Waals surface area contributed by atoms with E-state index in [0.29, 0.717) is 6.54 Å². The number of pyridine rings is 1. The molecule has 3 heterocycles. The third-order valence-electron chi connectivity index (χ3n) is 4.64. The lowest BCUT2D eigenvalue weighted by molar-refractivity contribution is 0.152. The van der Waals surface area contributed by atoms with Gasteiger partial charge < -0.3 is 5.32 Å². The lowest BCUT2D eigenvalue weighted by atomic mass is 10.0. The lowest BCUT2D eigenvalue weighted by Gasteiger charge is -2.36. The van der Waals surface area contributed by atoms with Gasteiger partial charge in [-0.2, -0.15) is 0 Å². The maximum Gasteiger partial charge on any atom is 0.0967 e. The molecule has 1 aromatic carbocycles. The number of nitrogens with one attached hydrogen (secondary N) is 1. The number of halogens is 1. The van der Waals surface area contributed by atoms with Crippen molar-refractivity contribution in [3.05, 3.63) is 76.8 Å². The highest BCUT2D eigenvalue weighted by Gasteiger charge is 2.26. The molecule has 0 spiro atoms. The smallest absolute Gasteiger partial charge is 0.0967 e. The average molecular weight is 369 g/mol. The van der Waals surface area contributed by atoms with Crippen LogP contribution in [0.1, 0.15) is 22.9 Å². The normalized spacial score (nSPS) is 18.1. The van der Waals surface area contributed by atoms with Crippen molar-refractivity contribution in [2.24, 2.45) is 0 Å². The largest absolute Gasteiger partial charge is 0.314 e. The molecule has 1 fully saturated rings. The van der Waals surface area contributed by atoms with Crippen molar-refractivity contribution >= 4 is 11.6 Å². The van der Waals surface area contributed by atoms with E-state index in [2.05, 4.69) is 31.6 Å². The minimum Gasteiger partial charge on any atom is -0.314 e. The van der Waals surface area contributed by atoms with Crippen LogP contribution in [0.25, 0.3) is 0 Å². The molecule has 1 N–H and O–H groups in total. The third kappa shape index (κ3) is 3.93. The SMILES string of the molecule is Clc1ccccc1C1CNCCN1Cc1cn(Cc2cccnc2)nn1. The molecular formula is C19H21ClN6. The van der Waals surface area contributed by atoms with Crippen LogP contribution >= 0.6 is 11.6 Å².